The molecule has 0 radical (unpaired) electrons. The number of imidazole rings is 1. The largest absolute Gasteiger partial charge is 0.497 e. The number of benzene rings is 2. The van der Waals surface area contributed by atoms with Gasteiger partial charge in [0, 0.05) is 11.6 Å². The number of aromatic nitrogens is 2. The maximum Gasteiger partial charge on any atom is 0.138 e. The monoisotopic (exact) mass is 280 g/mol. The van der Waals surface area contributed by atoms with Gasteiger partial charge in [0.2, 0.25) is 0 Å². The molecule has 21 heavy (non-hydrogen) atoms. The van der Waals surface area contributed by atoms with E-state index in [0.717, 1.165) is 28.2 Å². The second-order valence-corrected chi connectivity index (χ2v) is 6.30. The summed E-state index contributed by atoms with van der Waals surface area (Å²) in [6, 6.07) is 14.4. The minimum atomic E-state index is 0.166. The van der Waals surface area contributed by atoms with Gasteiger partial charge in [0.05, 0.1) is 18.1 Å². The summed E-state index contributed by atoms with van der Waals surface area (Å²) >= 11 is 0. The number of hydrogen-bond donors (Lipinski definition) is 1. The SMILES string of the molecule is COc1ccc2nc(-c3ccc(C(C)(C)C)cc3)[nH]c2c1. The van der Waals surface area contributed by atoms with Gasteiger partial charge in [-0.05, 0) is 23.1 Å². The maximum atomic E-state index is 5.24. The van der Waals surface area contributed by atoms with E-state index in [1.165, 1.54) is 5.56 Å². The van der Waals surface area contributed by atoms with Gasteiger partial charge in [0.1, 0.15) is 11.6 Å². The minimum absolute atomic E-state index is 0.166. The zero-order chi connectivity index (χ0) is 15.0. The lowest BCUT2D eigenvalue weighted by Crippen LogP contribution is -2.10. The molecule has 0 bridgehead atoms. The van der Waals surface area contributed by atoms with Gasteiger partial charge in [-0.3, -0.25) is 0 Å². The molecule has 0 aliphatic heterocycles. The fraction of sp³-hybridized carbons (Fsp3) is 0.278. The molecule has 0 atom stereocenters. The smallest absolute Gasteiger partial charge is 0.138 e. The first-order valence-corrected chi connectivity index (χ1v) is 7.12. The normalized spacial score (nSPS) is 11.8. The number of ether oxygens (including phenoxy) is 1. The molecule has 1 aromatic heterocycles. The van der Waals surface area contributed by atoms with Gasteiger partial charge in [-0.15, -0.1) is 0 Å². The summed E-state index contributed by atoms with van der Waals surface area (Å²) in [7, 11) is 1.67. The number of H-pyrrole nitrogens is 1. The summed E-state index contributed by atoms with van der Waals surface area (Å²) in [5.74, 6) is 1.72. The molecule has 0 saturated carbocycles. The van der Waals surface area contributed by atoms with Gasteiger partial charge >= 0.3 is 0 Å². The van der Waals surface area contributed by atoms with Crippen molar-refractivity contribution in [2.75, 3.05) is 7.11 Å². The Morgan fingerprint density at radius 3 is 2.33 bits per heavy atom. The molecule has 0 spiro atoms. The van der Waals surface area contributed by atoms with E-state index in [-0.39, 0.29) is 5.41 Å². The van der Waals surface area contributed by atoms with Crippen LogP contribution < -0.4 is 4.74 Å². The highest BCUT2D eigenvalue weighted by molar-refractivity contribution is 5.80. The van der Waals surface area contributed by atoms with Gasteiger partial charge in [0.25, 0.3) is 0 Å². The molecule has 2 aromatic carbocycles. The van der Waals surface area contributed by atoms with Gasteiger partial charge in [-0.25, -0.2) is 4.98 Å². The number of rotatable bonds is 2. The molecule has 3 rings (SSSR count). The van der Waals surface area contributed by atoms with E-state index < -0.39 is 0 Å². The van der Waals surface area contributed by atoms with E-state index in [9.17, 15) is 0 Å². The Morgan fingerprint density at radius 1 is 1.00 bits per heavy atom. The number of hydrogen-bond acceptors (Lipinski definition) is 2. The summed E-state index contributed by atoms with van der Waals surface area (Å²) < 4.78 is 5.24. The van der Waals surface area contributed by atoms with Crippen molar-refractivity contribution in [3.05, 3.63) is 48.0 Å². The Labute approximate surface area is 125 Å². The fourth-order valence-electron chi connectivity index (χ4n) is 2.38. The first kappa shape index (κ1) is 13.7. The van der Waals surface area contributed by atoms with Crippen molar-refractivity contribution in [2.45, 2.75) is 26.2 Å². The van der Waals surface area contributed by atoms with Crippen molar-refractivity contribution in [2.24, 2.45) is 0 Å². The molecule has 0 aliphatic carbocycles. The molecule has 0 amide bonds. The van der Waals surface area contributed by atoms with Crippen LogP contribution in [0.15, 0.2) is 42.5 Å². The molecule has 0 aliphatic rings. The van der Waals surface area contributed by atoms with Crippen molar-refractivity contribution in [3.8, 4) is 17.1 Å². The van der Waals surface area contributed by atoms with Crippen LogP contribution in [0.5, 0.6) is 5.75 Å². The molecule has 0 saturated heterocycles. The van der Waals surface area contributed by atoms with Gasteiger partial charge < -0.3 is 9.72 Å². The van der Waals surface area contributed by atoms with Crippen LogP contribution in [-0.2, 0) is 5.41 Å². The second kappa shape index (κ2) is 4.92. The molecule has 3 aromatic rings. The van der Waals surface area contributed by atoms with Crippen LogP contribution in [-0.4, -0.2) is 17.1 Å². The average molecular weight is 280 g/mol. The molecular formula is C18H20N2O. The van der Waals surface area contributed by atoms with Crippen LogP contribution in [0.4, 0.5) is 0 Å². The Morgan fingerprint density at radius 2 is 1.71 bits per heavy atom. The standard InChI is InChI=1S/C18H20N2O/c1-18(2,3)13-7-5-12(6-8-13)17-19-15-10-9-14(21-4)11-16(15)20-17/h5-11H,1-4H3,(H,19,20). The van der Waals surface area contributed by atoms with E-state index in [1.807, 2.05) is 18.2 Å². The molecule has 108 valence electrons. The Bertz CT molecular complexity index is 764. The van der Waals surface area contributed by atoms with Gasteiger partial charge in [-0.1, -0.05) is 45.0 Å². The second-order valence-electron chi connectivity index (χ2n) is 6.30. The van der Waals surface area contributed by atoms with Crippen LogP contribution >= 0.6 is 0 Å². The summed E-state index contributed by atoms with van der Waals surface area (Å²) in [6.07, 6.45) is 0. The maximum absolute atomic E-state index is 5.24. The molecule has 1 N–H and O–H groups in total. The fourth-order valence-corrected chi connectivity index (χ4v) is 2.38. The number of aromatic amines is 1. The van der Waals surface area contributed by atoms with Crippen LogP contribution in [0.2, 0.25) is 0 Å². The third kappa shape index (κ3) is 2.64. The van der Waals surface area contributed by atoms with Crippen LogP contribution in [0.1, 0.15) is 26.3 Å². The van der Waals surface area contributed by atoms with E-state index in [1.54, 1.807) is 7.11 Å². The third-order valence-electron chi connectivity index (χ3n) is 3.71. The highest BCUT2D eigenvalue weighted by Gasteiger charge is 2.13. The van der Waals surface area contributed by atoms with Gasteiger partial charge in [-0.2, -0.15) is 0 Å². The zero-order valence-electron chi connectivity index (χ0n) is 12.9. The Hall–Kier alpha value is -2.29. The van der Waals surface area contributed by atoms with Crippen molar-refractivity contribution < 1.29 is 4.74 Å². The lowest BCUT2D eigenvalue weighted by molar-refractivity contribution is 0.415. The average Bonchev–Trinajstić information content (AvgIpc) is 2.89. The number of nitrogens with one attached hydrogen (secondary N) is 1. The van der Waals surface area contributed by atoms with Crippen LogP contribution in [0.3, 0.4) is 0 Å². The first-order valence-electron chi connectivity index (χ1n) is 7.12. The summed E-state index contributed by atoms with van der Waals surface area (Å²) in [5, 5.41) is 0. The first-order chi connectivity index (χ1) is 9.97. The Kier molecular flexibility index (Phi) is 3.20. The van der Waals surface area contributed by atoms with Crippen molar-refractivity contribution in [1.29, 1.82) is 0 Å². The summed E-state index contributed by atoms with van der Waals surface area (Å²) in [6.45, 7) is 6.65. The van der Waals surface area contributed by atoms with E-state index in [4.69, 9.17) is 4.74 Å². The molecular weight excluding hydrogens is 260 g/mol. The molecule has 3 heteroatoms. The molecule has 0 fully saturated rings. The quantitative estimate of drug-likeness (QED) is 0.748. The number of nitrogens with zero attached hydrogens (tertiary/aromatic N) is 1. The van der Waals surface area contributed by atoms with Crippen molar-refractivity contribution >= 4 is 11.0 Å². The van der Waals surface area contributed by atoms with E-state index >= 15 is 0 Å². The lowest BCUT2D eigenvalue weighted by Gasteiger charge is -2.18. The number of methoxy groups -OCH3 is 1. The lowest BCUT2D eigenvalue weighted by atomic mass is 9.87. The highest BCUT2D eigenvalue weighted by atomic mass is 16.5. The van der Waals surface area contributed by atoms with Crippen LogP contribution in [0.25, 0.3) is 22.4 Å². The minimum Gasteiger partial charge on any atom is -0.497 e. The molecule has 0 unspecified atom stereocenters. The summed E-state index contributed by atoms with van der Waals surface area (Å²) in [5.41, 5.74) is 4.52. The predicted octanol–water partition coefficient (Wildman–Crippen LogP) is 4.54. The third-order valence-corrected chi connectivity index (χ3v) is 3.71. The zero-order valence-corrected chi connectivity index (χ0v) is 12.9. The topological polar surface area (TPSA) is 37.9 Å². The summed E-state index contributed by atoms with van der Waals surface area (Å²) in [4.78, 5) is 7.99. The Balaban J connectivity index is 2.00. The highest BCUT2D eigenvalue weighted by Crippen LogP contribution is 2.27. The van der Waals surface area contributed by atoms with Crippen LogP contribution in [0, 0.1) is 0 Å². The van der Waals surface area contributed by atoms with E-state index in [0.29, 0.717) is 0 Å². The predicted molar refractivity (Wildman–Crippen MR) is 86.8 cm³/mol. The van der Waals surface area contributed by atoms with E-state index in [2.05, 4.69) is 55.0 Å². The van der Waals surface area contributed by atoms with Gasteiger partial charge in [0.15, 0.2) is 0 Å². The van der Waals surface area contributed by atoms with Crippen molar-refractivity contribution in [1.82, 2.24) is 9.97 Å². The van der Waals surface area contributed by atoms with Crippen molar-refractivity contribution in [3.63, 3.8) is 0 Å². The molecule has 3 nitrogen and oxygen atoms in total. The molecule has 1 heterocycles. The number of fused-ring (bicyclic) bond motifs is 1.